The molecule has 0 amide bonds. The molecule has 0 saturated carbocycles. The molecule has 0 radical (unpaired) electrons. The predicted octanol–water partition coefficient (Wildman–Crippen LogP) is 1.61. The van der Waals surface area contributed by atoms with Gasteiger partial charge in [-0.25, -0.2) is 4.39 Å². The normalized spacial score (nSPS) is 13.0. The molecule has 12 heavy (non-hydrogen) atoms. The minimum atomic E-state index is -1.15. The van der Waals surface area contributed by atoms with Crippen LogP contribution in [0.15, 0.2) is 22.7 Å². The molecule has 0 saturated heterocycles. The summed E-state index contributed by atoms with van der Waals surface area (Å²) in [6, 6.07) is 4.21. The Balaban J connectivity index is 3.04. The summed E-state index contributed by atoms with van der Waals surface area (Å²) in [4.78, 5) is 0. The molecule has 0 aliphatic carbocycles. The van der Waals surface area contributed by atoms with Crippen molar-refractivity contribution in [2.75, 3.05) is 6.61 Å². The van der Waals surface area contributed by atoms with Gasteiger partial charge in [0.25, 0.3) is 0 Å². The van der Waals surface area contributed by atoms with E-state index in [9.17, 15) is 4.39 Å². The smallest absolute Gasteiger partial charge is 0.129 e. The van der Waals surface area contributed by atoms with Crippen LogP contribution >= 0.6 is 15.9 Å². The minimum absolute atomic E-state index is 0.104. The second kappa shape index (κ2) is 3.98. The Labute approximate surface area is 77.8 Å². The van der Waals surface area contributed by atoms with Gasteiger partial charge in [0.15, 0.2) is 0 Å². The second-order valence-corrected chi connectivity index (χ2v) is 3.28. The third-order valence-electron chi connectivity index (χ3n) is 1.49. The first kappa shape index (κ1) is 9.64. The summed E-state index contributed by atoms with van der Waals surface area (Å²) in [5.74, 6) is -0.514. The molecule has 2 N–H and O–H groups in total. The van der Waals surface area contributed by atoms with Gasteiger partial charge in [-0.1, -0.05) is 15.9 Å². The molecule has 1 aromatic rings. The second-order valence-electron chi connectivity index (χ2n) is 2.36. The zero-order valence-corrected chi connectivity index (χ0v) is 7.75. The van der Waals surface area contributed by atoms with Gasteiger partial charge in [-0.3, -0.25) is 0 Å². The Kier molecular flexibility index (Phi) is 3.20. The average Bonchev–Trinajstić information content (AvgIpc) is 2.08. The van der Waals surface area contributed by atoms with Crippen LogP contribution in [0.25, 0.3) is 0 Å². The first-order valence-corrected chi connectivity index (χ1v) is 4.18. The lowest BCUT2D eigenvalue weighted by molar-refractivity contribution is 0.0926. The zero-order chi connectivity index (χ0) is 9.14. The quantitative estimate of drug-likeness (QED) is 0.817. The van der Waals surface area contributed by atoms with Gasteiger partial charge in [0.05, 0.1) is 6.61 Å². The lowest BCUT2D eigenvalue weighted by Crippen LogP contribution is -2.04. The molecule has 0 aliphatic rings. The van der Waals surface area contributed by atoms with Crippen LogP contribution < -0.4 is 0 Å². The lowest BCUT2D eigenvalue weighted by Gasteiger charge is -2.08. The molecule has 4 heteroatoms. The summed E-state index contributed by atoms with van der Waals surface area (Å²) in [7, 11) is 0. The molecule has 0 spiro atoms. The molecule has 1 atom stereocenters. The van der Waals surface area contributed by atoms with Crippen molar-refractivity contribution in [2.24, 2.45) is 0 Å². The molecule has 0 aliphatic heterocycles. The van der Waals surface area contributed by atoms with Crippen molar-refractivity contribution in [1.29, 1.82) is 0 Å². The Bertz CT molecular complexity index is 278. The Hall–Kier alpha value is -0.450. The van der Waals surface area contributed by atoms with E-state index >= 15 is 0 Å². The van der Waals surface area contributed by atoms with Crippen molar-refractivity contribution in [3.63, 3.8) is 0 Å². The molecule has 1 unspecified atom stereocenters. The number of aliphatic hydroxyl groups is 2. The van der Waals surface area contributed by atoms with Crippen LogP contribution in [-0.4, -0.2) is 16.8 Å². The number of hydrogen-bond acceptors (Lipinski definition) is 2. The average molecular weight is 235 g/mol. The maximum Gasteiger partial charge on any atom is 0.129 e. The molecule has 0 bridgehead atoms. The monoisotopic (exact) mass is 234 g/mol. The van der Waals surface area contributed by atoms with E-state index in [0.29, 0.717) is 4.47 Å². The van der Waals surface area contributed by atoms with Gasteiger partial charge >= 0.3 is 0 Å². The van der Waals surface area contributed by atoms with Crippen LogP contribution in [0.1, 0.15) is 11.7 Å². The van der Waals surface area contributed by atoms with Crippen molar-refractivity contribution in [3.8, 4) is 0 Å². The molecular formula is C8H8BrFO2. The highest BCUT2D eigenvalue weighted by Gasteiger charge is 2.11. The highest BCUT2D eigenvalue weighted by Crippen LogP contribution is 2.21. The van der Waals surface area contributed by atoms with E-state index in [1.54, 1.807) is 0 Å². The maximum atomic E-state index is 12.9. The standard InChI is InChI=1S/C8H8BrFO2/c9-5-1-2-7(10)6(3-5)8(12)4-11/h1-3,8,11-12H,4H2. The number of halogens is 2. The van der Waals surface area contributed by atoms with E-state index in [1.807, 2.05) is 0 Å². The maximum absolute atomic E-state index is 12.9. The van der Waals surface area contributed by atoms with Crippen molar-refractivity contribution < 1.29 is 14.6 Å². The molecule has 0 aromatic heterocycles. The highest BCUT2D eigenvalue weighted by atomic mass is 79.9. The van der Waals surface area contributed by atoms with Gasteiger partial charge in [-0.15, -0.1) is 0 Å². The van der Waals surface area contributed by atoms with Gasteiger partial charge in [-0.05, 0) is 18.2 Å². The van der Waals surface area contributed by atoms with Crippen LogP contribution in [-0.2, 0) is 0 Å². The Morgan fingerprint density at radius 2 is 2.17 bits per heavy atom. The van der Waals surface area contributed by atoms with Crippen molar-refractivity contribution >= 4 is 15.9 Å². The SMILES string of the molecule is OCC(O)c1cc(Br)ccc1F. The van der Waals surface area contributed by atoms with Crippen molar-refractivity contribution in [2.45, 2.75) is 6.10 Å². The van der Waals surface area contributed by atoms with Crippen LogP contribution in [0, 0.1) is 5.82 Å². The fraction of sp³-hybridized carbons (Fsp3) is 0.250. The minimum Gasteiger partial charge on any atom is -0.393 e. The summed E-state index contributed by atoms with van der Waals surface area (Å²) in [6.45, 7) is -0.479. The van der Waals surface area contributed by atoms with E-state index in [4.69, 9.17) is 10.2 Å². The first-order chi connectivity index (χ1) is 5.65. The van der Waals surface area contributed by atoms with Gasteiger partial charge in [0, 0.05) is 10.0 Å². The summed E-state index contributed by atoms with van der Waals surface area (Å²) in [5.41, 5.74) is 0.104. The van der Waals surface area contributed by atoms with Crippen molar-refractivity contribution in [1.82, 2.24) is 0 Å². The first-order valence-electron chi connectivity index (χ1n) is 3.39. The zero-order valence-electron chi connectivity index (χ0n) is 6.17. The molecular weight excluding hydrogens is 227 g/mol. The fourth-order valence-electron chi connectivity index (χ4n) is 0.868. The number of rotatable bonds is 2. The van der Waals surface area contributed by atoms with E-state index < -0.39 is 18.5 Å². The van der Waals surface area contributed by atoms with Crippen LogP contribution in [0.2, 0.25) is 0 Å². The third kappa shape index (κ3) is 2.03. The van der Waals surface area contributed by atoms with Gasteiger partial charge < -0.3 is 10.2 Å². The lowest BCUT2D eigenvalue weighted by atomic mass is 10.1. The predicted molar refractivity (Wildman–Crippen MR) is 46.1 cm³/mol. The molecule has 0 fully saturated rings. The summed E-state index contributed by atoms with van der Waals surface area (Å²) in [6.07, 6.45) is -1.15. The van der Waals surface area contributed by atoms with E-state index in [2.05, 4.69) is 15.9 Å². The highest BCUT2D eigenvalue weighted by molar-refractivity contribution is 9.10. The van der Waals surface area contributed by atoms with Gasteiger partial charge in [-0.2, -0.15) is 0 Å². The molecule has 1 rings (SSSR count). The number of aliphatic hydroxyl groups excluding tert-OH is 2. The van der Waals surface area contributed by atoms with Gasteiger partial charge in [0.1, 0.15) is 11.9 Å². The fourth-order valence-corrected chi connectivity index (χ4v) is 1.25. The van der Waals surface area contributed by atoms with Crippen LogP contribution in [0.5, 0.6) is 0 Å². The molecule has 1 aromatic carbocycles. The van der Waals surface area contributed by atoms with E-state index in [-0.39, 0.29) is 5.56 Å². The number of hydrogen-bond donors (Lipinski definition) is 2. The summed E-state index contributed by atoms with van der Waals surface area (Å²) >= 11 is 3.13. The summed E-state index contributed by atoms with van der Waals surface area (Å²) < 4.78 is 13.6. The topological polar surface area (TPSA) is 40.5 Å². The number of benzene rings is 1. The van der Waals surface area contributed by atoms with Crippen LogP contribution in [0.4, 0.5) is 4.39 Å². The molecule has 2 nitrogen and oxygen atoms in total. The van der Waals surface area contributed by atoms with Gasteiger partial charge in [0.2, 0.25) is 0 Å². The summed E-state index contributed by atoms with van der Waals surface area (Å²) in [5, 5.41) is 17.7. The van der Waals surface area contributed by atoms with E-state index in [0.717, 1.165) is 0 Å². The van der Waals surface area contributed by atoms with Crippen LogP contribution in [0.3, 0.4) is 0 Å². The molecule has 0 heterocycles. The Morgan fingerprint density at radius 1 is 1.50 bits per heavy atom. The molecule has 66 valence electrons. The van der Waals surface area contributed by atoms with E-state index in [1.165, 1.54) is 18.2 Å². The largest absolute Gasteiger partial charge is 0.393 e. The van der Waals surface area contributed by atoms with Crippen molar-refractivity contribution in [3.05, 3.63) is 34.1 Å². The Morgan fingerprint density at radius 3 is 2.75 bits per heavy atom. The third-order valence-corrected chi connectivity index (χ3v) is 1.98.